The molecule has 2 aromatic carbocycles. The Hall–Kier alpha value is -3.02. The molecule has 1 saturated heterocycles. The number of anilines is 1. The third-order valence-corrected chi connectivity index (χ3v) is 4.57. The molecule has 0 radical (unpaired) electrons. The first-order valence-corrected chi connectivity index (χ1v) is 8.15. The quantitative estimate of drug-likeness (QED) is 0.798. The molecule has 0 spiro atoms. The highest BCUT2D eigenvalue weighted by Crippen LogP contribution is 2.47. The zero-order chi connectivity index (χ0) is 18.8. The normalized spacial score (nSPS) is 16.1. The van der Waals surface area contributed by atoms with E-state index in [1.165, 1.54) is 7.11 Å². The van der Waals surface area contributed by atoms with Crippen molar-refractivity contribution >= 4 is 5.69 Å². The number of nitrogens with zero attached hydrogens (tertiary/aromatic N) is 1. The van der Waals surface area contributed by atoms with Gasteiger partial charge in [-0.3, -0.25) is 0 Å². The summed E-state index contributed by atoms with van der Waals surface area (Å²) in [7, 11) is 6.29. The van der Waals surface area contributed by atoms with Crippen molar-refractivity contribution in [1.29, 1.82) is 0 Å². The molecule has 0 saturated carbocycles. The maximum absolute atomic E-state index is 10.1. The average molecular weight is 357 g/mol. The zero-order valence-corrected chi connectivity index (χ0v) is 15.4. The van der Waals surface area contributed by atoms with Crippen LogP contribution >= 0.6 is 0 Å². The van der Waals surface area contributed by atoms with Gasteiger partial charge in [-0.05, 0) is 23.3 Å². The van der Waals surface area contributed by atoms with Gasteiger partial charge in [-0.25, -0.2) is 0 Å². The van der Waals surface area contributed by atoms with Gasteiger partial charge in [-0.15, -0.1) is 0 Å². The number of hydrogen-bond donors (Lipinski definition) is 1. The van der Waals surface area contributed by atoms with Crippen molar-refractivity contribution in [3.05, 3.63) is 48.0 Å². The van der Waals surface area contributed by atoms with Gasteiger partial charge < -0.3 is 29.0 Å². The zero-order valence-electron chi connectivity index (χ0n) is 15.4. The number of hydrogen-bond acceptors (Lipinski definition) is 6. The second kappa shape index (κ2) is 7.07. The van der Waals surface area contributed by atoms with Gasteiger partial charge in [0.15, 0.2) is 23.0 Å². The van der Waals surface area contributed by atoms with Crippen LogP contribution in [0.25, 0.3) is 0 Å². The Bertz CT molecular complexity index is 808. The highest BCUT2D eigenvalue weighted by molar-refractivity contribution is 5.68. The fourth-order valence-electron chi connectivity index (χ4n) is 3.27. The minimum Gasteiger partial charge on any atom is -0.504 e. The largest absolute Gasteiger partial charge is 0.504 e. The number of methoxy groups -OCH3 is 4. The van der Waals surface area contributed by atoms with Gasteiger partial charge in [-0.1, -0.05) is 12.6 Å². The molecule has 26 heavy (non-hydrogen) atoms. The first-order chi connectivity index (χ1) is 12.5. The molecule has 2 aromatic rings. The predicted octanol–water partition coefficient (Wildman–Crippen LogP) is 3.54. The minimum atomic E-state index is -0.0467. The summed E-state index contributed by atoms with van der Waals surface area (Å²) in [5.74, 6) is 2.29. The van der Waals surface area contributed by atoms with Crippen molar-refractivity contribution in [2.24, 2.45) is 0 Å². The molecule has 6 heteroatoms. The highest BCUT2D eigenvalue weighted by atomic mass is 16.5. The van der Waals surface area contributed by atoms with E-state index >= 15 is 0 Å². The SMILES string of the molecule is C=C1CN(c2cc(OC)c(OC)c(OC)c2)[C@H]1c1ccc(OC)c(O)c1. The van der Waals surface area contributed by atoms with E-state index in [9.17, 15) is 5.11 Å². The van der Waals surface area contributed by atoms with Crippen molar-refractivity contribution in [2.45, 2.75) is 6.04 Å². The van der Waals surface area contributed by atoms with E-state index in [0.717, 1.165) is 16.8 Å². The molecule has 0 unspecified atom stereocenters. The Morgan fingerprint density at radius 3 is 2.00 bits per heavy atom. The molecule has 1 atom stereocenters. The van der Waals surface area contributed by atoms with Crippen LogP contribution in [0.5, 0.6) is 28.7 Å². The molecule has 138 valence electrons. The molecule has 6 nitrogen and oxygen atoms in total. The minimum absolute atomic E-state index is 0.0467. The van der Waals surface area contributed by atoms with E-state index in [0.29, 0.717) is 29.5 Å². The van der Waals surface area contributed by atoms with Gasteiger partial charge in [0.1, 0.15) is 0 Å². The highest BCUT2D eigenvalue weighted by Gasteiger charge is 2.35. The van der Waals surface area contributed by atoms with E-state index in [1.807, 2.05) is 18.2 Å². The van der Waals surface area contributed by atoms with Crippen molar-refractivity contribution in [3.8, 4) is 28.7 Å². The summed E-state index contributed by atoms with van der Waals surface area (Å²) in [4.78, 5) is 2.16. The average Bonchev–Trinajstić information content (AvgIpc) is 2.64. The summed E-state index contributed by atoms with van der Waals surface area (Å²) in [5.41, 5.74) is 2.92. The smallest absolute Gasteiger partial charge is 0.203 e. The molecule has 1 heterocycles. The lowest BCUT2D eigenvalue weighted by Gasteiger charge is -2.45. The number of phenols is 1. The van der Waals surface area contributed by atoms with Crippen LogP contribution in [0.4, 0.5) is 5.69 Å². The maximum atomic E-state index is 10.1. The second-order valence-electron chi connectivity index (χ2n) is 6.00. The summed E-state index contributed by atoms with van der Waals surface area (Å²) < 4.78 is 21.4. The monoisotopic (exact) mass is 357 g/mol. The molecular weight excluding hydrogens is 334 g/mol. The van der Waals surface area contributed by atoms with Gasteiger partial charge in [0.05, 0.1) is 34.5 Å². The van der Waals surface area contributed by atoms with Crippen molar-refractivity contribution in [2.75, 3.05) is 39.9 Å². The van der Waals surface area contributed by atoms with Crippen LogP contribution in [-0.2, 0) is 0 Å². The van der Waals surface area contributed by atoms with Crippen LogP contribution in [0.15, 0.2) is 42.5 Å². The first kappa shape index (κ1) is 17.8. The maximum Gasteiger partial charge on any atom is 0.203 e. The van der Waals surface area contributed by atoms with Crippen LogP contribution in [0.2, 0.25) is 0 Å². The van der Waals surface area contributed by atoms with Crippen LogP contribution in [-0.4, -0.2) is 40.1 Å². The Morgan fingerprint density at radius 2 is 1.54 bits per heavy atom. The third kappa shape index (κ3) is 2.87. The van der Waals surface area contributed by atoms with Gasteiger partial charge in [0.25, 0.3) is 0 Å². The number of ether oxygens (including phenoxy) is 4. The second-order valence-corrected chi connectivity index (χ2v) is 6.00. The van der Waals surface area contributed by atoms with Crippen LogP contribution in [0, 0.1) is 0 Å². The van der Waals surface area contributed by atoms with Gasteiger partial charge >= 0.3 is 0 Å². The third-order valence-electron chi connectivity index (χ3n) is 4.57. The molecule has 0 bridgehead atoms. The van der Waals surface area contributed by atoms with Crippen LogP contribution < -0.4 is 23.8 Å². The van der Waals surface area contributed by atoms with Crippen molar-refractivity contribution in [3.63, 3.8) is 0 Å². The van der Waals surface area contributed by atoms with E-state index < -0.39 is 0 Å². The number of benzene rings is 2. The summed E-state index contributed by atoms with van der Waals surface area (Å²) in [6.07, 6.45) is 0. The number of rotatable bonds is 6. The van der Waals surface area contributed by atoms with Gasteiger partial charge in [0.2, 0.25) is 5.75 Å². The van der Waals surface area contributed by atoms with E-state index in [2.05, 4.69) is 11.5 Å². The van der Waals surface area contributed by atoms with Crippen molar-refractivity contribution in [1.82, 2.24) is 0 Å². The fraction of sp³-hybridized carbons (Fsp3) is 0.300. The van der Waals surface area contributed by atoms with E-state index in [-0.39, 0.29) is 11.8 Å². The molecule has 0 aliphatic carbocycles. The Morgan fingerprint density at radius 1 is 0.923 bits per heavy atom. The summed E-state index contributed by atoms with van der Waals surface area (Å²) >= 11 is 0. The van der Waals surface area contributed by atoms with Crippen LogP contribution in [0.3, 0.4) is 0 Å². The Kier molecular flexibility index (Phi) is 4.84. The Balaban J connectivity index is 1.99. The lowest BCUT2D eigenvalue weighted by atomic mass is 9.89. The summed E-state index contributed by atoms with van der Waals surface area (Å²) in [6, 6.07) is 9.16. The van der Waals surface area contributed by atoms with Crippen LogP contribution in [0.1, 0.15) is 11.6 Å². The molecule has 1 fully saturated rings. The molecular formula is C20H23NO5. The summed E-state index contributed by atoms with van der Waals surface area (Å²) in [6.45, 7) is 4.85. The van der Waals surface area contributed by atoms with Crippen molar-refractivity contribution < 1.29 is 24.1 Å². The number of phenolic OH excluding ortho intramolecular Hbond substituents is 1. The van der Waals surface area contributed by atoms with E-state index in [4.69, 9.17) is 18.9 Å². The lowest BCUT2D eigenvalue weighted by Crippen LogP contribution is -2.43. The molecule has 0 amide bonds. The predicted molar refractivity (Wildman–Crippen MR) is 100.0 cm³/mol. The standard InChI is InChI=1S/C20H23NO5/c1-12-11-21(19(12)13-6-7-16(23-2)15(22)8-13)14-9-17(24-3)20(26-5)18(10-14)25-4/h6-10,19,22H,1,11H2,2-5H3/t19-/m1/s1. The van der Waals surface area contributed by atoms with Gasteiger partial charge in [-0.2, -0.15) is 0 Å². The molecule has 1 N–H and O–H groups in total. The summed E-state index contributed by atoms with van der Waals surface area (Å²) in [5, 5.41) is 10.1. The Labute approximate surface area is 153 Å². The molecule has 0 aromatic heterocycles. The lowest BCUT2D eigenvalue weighted by molar-refractivity contribution is 0.324. The number of aromatic hydroxyl groups is 1. The fourth-order valence-corrected chi connectivity index (χ4v) is 3.27. The first-order valence-electron chi connectivity index (χ1n) is 8.15. The topological polar surface area (TPSA) is 60.4 Å². The molecule has 1 aliphatic heterocycles. The van der Waals surface area contributed by atoms with Gasteiger partial charge in [0, 0.05) is 24.4 Å². The van der Waals surface area contributed by atoms with E-state index in [1.54, 1.807) is 33.5 Å². The molecule has 3 rings (SSSR count). The molecule has 1 aliphatic rings.